The molecule has 262 valence electrons. The van der Waals surface area contributed by atoms with Gasteiger partial charge in [-0.15, -0.1) is 0 Å². The minimum Gasteiger partial charge on any atom is -0.309 e. The number of rotatable bonds is 6. The fraction of sp³-hybridized carbons (Fsp3) is 0. The molecule has 2 nitrogen and oxygen atoms in total. The monoisotopic (exact) mass is 712 g/mol. The zero-order chi connectivity index (χ0) is 37.0. The Morgan fingerprint density at radius 2 is 0.661 bits per heavy atom. The van der Waals surface area contributed by atoms with Crippen molar-refractivity contribution in [1.29, 1.82) is 0 Å². The molecular weight excluding hydrogens is 677 g/mol. The summed E-state index contributed by atoms with van der Waals surface area (Å²) in [5.41, 5.74) is 16.8. The Kier molecular flexibility index (Phi) is 7.53. The summed E-state index contributed by atoms with van der Waals surface area (Å²) in [5, 5.41) is 5.00. The number of benzene rings is 9. The van der Waals surface area contributed by atoms with Crippen molar-refractivity contribution >= 4 is 43.6 Å². The molecule has 0 saturated heterocycles. The first-order valence-electron chi connectivity index (χ1n) is 19.3. The van der Waals surface area contributed by atoms with Crippen molar-refractivity contribution in [2.45, 2.75) is 0 Å². The predicted molar refractivity (Wildman–Crippen MR) is 237 cm³/mol. The van der Waals surface area contributed by atoms with Crippen LogP contribution in [0.2, 0.25) is 0 Å². The van der Waals surface area contributed by atoms with Crippen LogP contribution in [0.1, 0.15) is 0 Å². The fourth-order valence-corrected chi connectivity index (χ4v) is 8.90. The van der Waals surface area contributed by atoms with Crippen molar-refractivity contribution in [3.8, 4) is 55.9 Å². The van der Waals surface area contributed by atoms with E-state index in [1.807, 2.05) is 0 Å². The molecule has 0 aliphatic heterocycles. The normalized spacial score (nSPS) is 11.6. The number of aromatic nitrogens is 2. The van der Waals surface area contributed by atoms with Crippen LogP contribution < -0.4 is 0 Å². The van der Waals surface area contributed by atoms with Gasteiger partial charge in [-0.3, -0.25) is 0 Å². The zero-order valence-corrected chi connectivity index (χ0v) is 30.7. The average molecular weight is 713 g/mol. The third kappa shape index (κ3) is 5.11. The summed E-state index contributed by atoms with van der Waals surface area (Å²) < 4.78 is 4.89. The van der Waals surface area contributed by atoms with Gasteiger partial charge in [0.15, 0.2) is 0 Å². The molecule has 2 heteroatoms. The molecule has 0 bridgehead atoms. The minimum atomic E-state index is 1.14. The number of para-hydroxylation sites is 2. The topological polar surface area (TPSA) is 9.86 Å². The van der Waals surface area contributed by atoms with Gasteiger partial charge >= 0.3 is 0 Å². The molecule has 0 aliphatic rings. The van der Waals surface area contributed by atoms with E-state index < -0.39 is 0 Å². The average Bonchev–Trinajstić information content (AvgIpc) is 3.81. The van der Waals surface area contributed by atoms with E-state index in [0.29, 0.717) is 0 Å². The van der Waals surface area contributed by atoms with E-state index in [1.54, 1.807) is 0 Å². The third-order valence-corrected chi connectivity index (χ3v) is 11.3. The summed E-state index contributed by atoms with van der Waals surface area (Å²) in [4.78, 5) is 0. The number of hydrogen-bond donors (Lipinski definition) is 0. The van der Waals surface area contributed by atoms with Gasteiger partial charge in [-0.05, 0) is 93.0 Å². The van der Waals surface area contributed by atoms with Crippen molar-refractivity contribution in [3.63, 3.8) is 0 Å². The van der Waals surface area contributed by atoms with Crippen molar-refractivity contribution in [2.75, 3.05) is 0 Å². The van der Waals surface area contributed by atoms with Crippen LogP contribution in [0.25, 0.3) is 99.5 Å². The molecule has 0 spiro atoms. The molecule has 0 aliphatic carbocycles. The molecule has 0 saturated carbocycles. The van der Waals surface area contributed by atoms with Crippen LogP contribution in [0.4, 0.5) is 0 Å². The fourth-order valence-electron chi connectivity index (χ4n) is 8.90. The Morgan fingerprint density at radius 3 is 1.23 bits per heavy atom. The van der Waals surface area contributed by atoms with Gasteiger partial charge in [0.05, 0.1) is 22.1 Å². The summed E-state index contributed by atoms with van der Waals surface area (Å²) in [6.45, 7) is 0. The molecule has 9 aromatic carbocycles. The molecule has 0 radical (unpaired) electrons. The molecule has 0 atom stereocenters. The lowest BCUT2D eigenvalue weighted by molar-refractivity contribution is 1.18. The van der Waals surface area contributed by atoms with Gasteiger partial charge < -0.3 is 9.13 Å². The molecule has 0 amide bonds. The van der Waals surface area contributed by atoms with Crippen LogP contribution in [-0.4, -0.2) is 9.13 Å². The second-order valence-corrected chi connectivity index (χ2v) is 14.5. The van der Waals surface area contributed by atoms with Crippen molar-refractivity contribution in [1.82, 2.24) is 9.13 Å². The van der Waals surface area contributed by atoms with Gasteiger partial charge in [0.1, 0.15) is 0 Å². The maximum Gasteiger partial charge on any atom is 0.0547 e. The maximum absolute atomic E-state index is 2.45. The summed E-state index contributed by atoms with van der Waals surface area (Å²) in [6.07, 6.45) is 0. The van der Waals surface area contributed by atoms with Crippen LogP contribution in [0.5, 0.6) is 0 Å². The van der Waals surface area contributed by atoms with Crippen LogP contribution in [0.15, 0.2) is 218 Å². The van der Waals surface area contributed by atoms with Gasteiger partial charge in [0.25, 0.3) is 0 Å². The van der Waals surface area contributed by atoms with Gasteiger partial charge in [0.2, 0.25) is 0 Å². The molecular formula is C54H36N2. The lowest BCUT2D eigenvalue weighted by Gasteiger charge is -2.15. The minimum absolute atomic E-state index is 1.14. The Bertz CT molecular complexity index is 3220. The first kappa shape index (κ1) is 32.0. The molecule has 0 unspecified atom stereocenters. The quantitative estimate of drug-likeness (QED) is 0.162. The van der Waals surface area contributed by atoms with Gasteiger partial charge in [-0.25, -0.2) is 0 Å². The van der Waals surface area contributed by atoms with E-state index in [1.165, 1.54) is 88.1 Å². The summed E-state index contributed by atoms with van der Waals surface area (Å²) in [5.74, 6) is 0. The predicted octanol–water partition coefficient (Wildman–Crippen LogP) is 14.5. The number of fused-ring (bicyclic) bond motifs is 6. The van der Waals surface area contributed by atoms with Gasteiger partial charge in [-0.1, -0.05) is 170 Å². The first-order valence-corrected chi connectivity index (χ1v) is 19.3. The van der Waals surface area contributed by atoms with Crippen molar-refractivity contribution in [2.24, 2.45) is 0 Å². The highest BCUT2D eigenvalue weighted by molar-refractivity contribution is 6.22. The Labute approximate surface area is 325 Å². The lowest BCUT2D eigenvalue weighted by Crippen LogP contribution is -1.96. The lowest BCUT2D eigenvalue weighted by atomic mass is 9.94. The zero-order valence-electron chi connectivity index (χ0n) is 30.7. The largest absolute Gasteiger partial charge is 0.309 e. The SMILES string of the molecule is c1ccc(-c2cccc(-n3c4ccccc4c4c(-c5cccc6c5c5ccccc5n6-c5ccc(-c6ccccc6)c(-c6ccccc6)c5)cccc43)c2)cc1. The Balaban J connectivity index is 1.16. The molecule has 2 heterocycles. The van der Waals surface area contributed by atoms with E-state index in [4.69, 9.17) is 0 Å². The summed E-state index contributed by atoms with van der Waals surface area (Å²) in [6, 6.07) is 79.3. The van der Waals surface area contributed by atoms with Crippen molar-refractivity contribution in [3.05, 3.63) is 218 Å². The molecule has 11 aromatic rings. The molecule has 0 N–H and O–H groups in total. The highest BCUT2D eigenvalue weighted by Crippen LogP contribution is 2.45. The first-order chi connectivity index (χ1) is 27.8. The van der Waals surface area contributed by atoms with Gasteiger partial charge in [-0.2, -0.15) is 0 Å². The highest BCUT2D eigenvalue weighted by Gasteiger charge is 2.21. The van der Waals surface area contributed by atoms with Crippen LogP contribution >= 0.6 is 0 Å². The second-order valence-electron chi connectivity index (χ2n) is 14.5. The molecule has 0 fully saturated rings. The maximum atomic E-state index is 2.45. The van der Waals surface area contributed by atoms with Gasteiger partial charge in [0, 0.05) is 32.9 Å². The van der Waals surface area contributed by atoms with E-state index in [9.17, 15) is 0 Å². The Morgan fingerprint density at radius 1 is 0.232 bits per heavy atom. The standard InChI is InChI=1S/C54H36N2/c1-4-17-37(18-5-1)40-23-14-24-41(35-40)55-49-29-12-10-25-46(49)53-44(27-15-31-51(53)55)45-28-16-32-52-54(45)47-26-11-13-30-50(47)56(52)42-33-34-43(38-19-6-2-7-20-38)48(36-42)39-21-8-3-9-22-39/h1-36H. The summed E-state index contributed by atoms with van der Waals surface area (Å²) in [7, 11) is 0. The Hall–Kier alpha value is -7.42. The van der Waals surface area contributed by atoms with Crippen molar-refractivity contribution < 1.29 is 0 Å². The number of hydrogen-bond acceptors (Lipinski definition) is 0. The molecule has 11 rings (SSSR count). The third-order valence-electron chi connectivity index (χ3n) is 11.3. The van der Waals surface area contributed by atoms with Crippen LogP contribution in [-0.2, 0) is 0 Å². The van der Waals surface area contributed by atoms with E-state index >= 15 is 0 Å². The van der Waals surface area contributed by atoms with E-state index in [2.05, 4.69) is 228 Å². The smallest absolute Gasteiger partial charge is 0.0547 e. The van der Waals surface area contributed by atoms with Crippen LogP contribution in [0.3, 0.4) is 0 Å². The van der Waals surface area contributed by atoms with E-state index in [-0.39, 0.29) is 0 Å². The molecule has 56 heavy (non-hydrogen) atoms. The highest BCUT2D eigenvalue weighted by atomic mass is 15.0. The summed E-state index contributed by atoms with van der Waals surface area (Å²) >= 11 is 0. The van der Waals surface area contributed by atoms with E-state index in [0.717, 1.165) is 11.4 Å². The number of nitrogens with zero attached hydrogens (tertiary/aromatic N) is 2. The van der Waals surface area contributed by atoms with Crippen LogP contribution in [0, 0.1) is 0 Å². The molecule has 2 aromatic heterocycles. The second kappa shape index (κ2) is 13.2.